The first-order chi connectivity index (χ1) is 12.8. The van der Waals surface area contributed by atoms with Crippen LogP contribution in [0.1, 0.15) is 13.3 Å². The Morgan fingerprint density at radius 2 is 1.70 bits per heavy atom. The monoisotopic (exact) mass is 392 g/mol. The van der Waals surface area contributed by atoms with Crippen molar-refractivity contribution in [3.05, 3.63) is 54.6 Å². The van der Waals surface area contributed by atoms with E-state index >= 15 is 0 Å². The van der Waals surface area contributed by atoms with E-state index in [9.17, 15) is 18.0 Å². The third-order valence-corrected chi connectivity index (χ3v) is 4.38. The first-order valence-electron chi connectivity index (χ1n) is 8.07. The van der Waals surface area contributed by atoms with Gasteiger partial charge in [-0.25, -0.2) is 13.6 Å². The van der Waals surface area contributed by atoms with Crippen LogP contribution in [0.3, 0.4) is 0 Å². The summed E-state index contributed by atoms with van der Waals surface area (Å²) in [5, 5.41) is 7.53. The maximum Gasteiger partial charge on any atom is 0.310 e. The molecule has 0 saturated heterocycles. The molecular weight excluding hydrogens is 372 g/mol. The van der Waals surface area contributed by atoms with Crippen molar-refractivity contribution in [2.45, 2.75) is 24.3 Å². The lowest BCUT2D eigenvalue weighted by Crippen LogP contribution is -2.30. The maximum atomic E-state index is 12.1. The lowest BCUT2D eigenvalue weighted by Gasteiger charge is -2.14. The number of amides is 1. The number of carbonyl (C=O) groups is 2. The third kappa shape index (κ3) is 6.72. The summed E-state index contributed by atoms with van der Waals surface area (Å²) in [6, 6.07) is 14.3. The van der Waals surface area contributed by atoms with Crippen LogP contribution in [0.25, 0.3) is 0 Å². The van der Waals surface area contributed by atoms with Gasteiger partial charge in [0.15, 0.2) is 6.10 Å². The maximum absolute atomic E-state index is 12.1. The van der Waals surface area contributed by atoms with E-state index in [4.69, 9.17) is 14.6 Å². The Labute approximate surface area is 157 Å². The standard InChI is InChI=1S/C18H20N2O6S/c1-13(26-17(21)11-12-25-15-5-3-2-4-6-15)18(22)20-14-7-9-16(10-8-14)27(19,23)24/h2-10,13H,11-12H2,1H3,(H,20,22)(H2,19,23,24)/t13-/m0/s1. The predicted octanol–water partition coefficient (Wildman–Crippen LogP) is 1.67. The minimum Gasteiger partial charge on any atom is -0.493 e. The summed E-state index contributed by atoms with van der Waals surface area (Å²) in [4.78, 5) is 23.8. The number of anilines is 1. The van der Waals surface area contributed by atoms with Gasteiger partial charge in [0.2, 0.25) is 10.0 Å². The number of hydrogen-bond acceptors (Lipinski definition) is 6. The number of para-hydroxylation sites is 1. The minimum atomic E-state index is -3.80. The van der Waals surface area contributed by atoms with Crippen molar-refractivity contribution in [2.75, 3.05) is 11.9 Å². The molecule has 0 spiro atoms. The van der Waals surface area contributed by atoms with Crippen molar-refractivity contribution in [1.29, 1.82) is 0 Å². The van der Waals surface area contributed by atoms with Crippen molar-refractivity contribution >= 4 is 27.6 Å². The van der Waals surface area contributed by atoms with Gasteiger partial charge < -0.3 is 14.8 Å². The van der Waals surface area contributed by atoms with Gasteiger partial charge in [-0.1, -0.05) is 18.2 Å². The first-order valence-corrected chi connectivity index (χ1v) is 9.61. The summed E-state index contributed by atoms with van der Waals surface area (Å²) in [6.07, 6.45) is -1.03. The van der Waals surface area contributed by atoms with Gasteiger partial charge in [-0.15, -0.1) is 0 Å². The largest absolute Gasteiger partial charge is 0.493 e. The molecule has 0 aliphatic rings. The molecule has 0 bridgehead atoms. The quantitative estimate of drug-likeness (QED) is 0.659. The smallest absolute Gasteiger partial charge is 0.310 e. The van der Waals surface area contributed by atoms with Gasteiger partial charge in [0.25, 0.3) is 5.91 Å². The molecule has 0 saturated carbocycles. The fraction of sp³-hybridized carbons (Fsp3) is 0.222. The van der Waals surface area contributed by atoms with Crippen LogP contribution in [-0.4, -0.2) is 33.0 Å². The van der Waals surface area contributed by atoms with Gasteiger partial charge in [0.05, 0.1) is 17.9 Å². The van der Waals surface area contributed by atoms with Crippen molar-refractivity contribution in [3.63, 3.8) is 0 Å². The van der Waals surface area contributed by atoms with Gasteiger partial charge in [0, 0.05) is 5.69 Å². The molecule has 2 aromatic rings. The Hall–Kier alpha value is -2.91. The molecule has 27 heavy (non-hydrogen) atoms. The van der Waals surface area contributed by atoms with Crippen LogP contribution >= 0.6 is 0 Å². The molecule has 2 aromatic carbocycles. The van der Waals surface area contributed by atoms with E-state index in [1.165, 1.54) is 31.2 Å². The van der Waals surface area contributed by atoms with E-state index in [0.29, 0.717) is 11.4 Å². The summed E-state index contributed by atoms with van der Waals surface area (Å²) in [5.41, 5.74) is 0.350. The summed E-state index contributed by atoms with van der Waals surface area (Å²) in [5.74, 6) is -0.479. The predicted molar refractivity (Wildman–Crippen MR) is 98.6 cm³/mol. The molecule has 144 valence electrons. The number of primary sulfonamides is 1. The molecule has 0 aliphatic heterocycles. The average Bonchev–Trinajstić information content (AvgIpc) is 2.62. The zero-order valence-electron chi connectivity index (χ0n) is 14.6. The Morgan fingerprint density at radius 3 is 2.30 bits per heavy atom. The Balaban J connectivity index is 1.78. The van der Waals surface area contributed by atoms with Gasteiger partial charge in [-0.05, 0) is 43.3 Å². The van der Waals surface area contributed by atoms with E-state index < -0.39 is 28.0 Å². The normalized spacial score (nSPS) is 12.1. The minimum absolute atomic E-state index is 0.00439. The van der Waals surface area contributed by atoms with Gasteiger partial charge in [-0.3, -0.25) is 9.59 Å². The van der Waals surface area contributed by atoms with Crippen LogP contribution in [0.2, 0.25) is 0 Å². The number of nitrogens with two attached hydrogens (primary N) is 1. The van der Waals surface area contributed by atoms with Crippen LogP contribution in [-0.2, 0) is 24.3 Å². The van der Waals surface area contributed by atoms with E-state index in [0.717, 1.165) is 0 Å². The van der Waals surface area contributed by atoms with Crippen molar-refractivity contribution in [3.8, 4) is 5.75 Å². The molecule has 9 heteroatoms. The summed E-state index contributed by atoms with van der Waals surface area (Å²) < 4.78 is 32.8. The lowest BCUT2D eigenvalue weighted by molar-refractivity contribution is -0.153. The number of sulfonamides is 1. The number of carbonyl (C=O) groups excluding carboxylic acids is 2. The summed E-state index contributed by atoms with van der Waals surface area (Å²) in [6.45, 7) is 1.57. The lowest BCUT2D eigenvalue weighted by atomic mass is 10.3. The highest BCUT2D eigenvalue weighted by Crippen LogP contribution is 2.13. The molecule has 3 N–H and O–H groups in total. The molecule has 0 unspecified atom stereocenters. The number of nitrogens with one attached hydrogen (secondary N) is 1. The highest BCUT2D eigenvalue weighted by Gasteiger charge is 2.18. The Bertz CT molecular complexity index is 882. The average molecular weight is 392 g/mol. The number of hydrogen-bond donors (Lipinski definition) is 2. The number of rotatable bonds is 8. The van der Waals surface area contributed by atoms with Gasteiger partial charge >= 0.3 is 5.97 Å². The second-order valence-electron chi connectivity index (χ2n) is 5.60. The van der Waals surface area contributed by atoms with Gasteiger partial charge in [0.1, 0.15) is 5.75 Å². The zero-order chi connectivity index (χ0) is 19.9. The summed E-state index contributed by atoms with van der Waals surface area (Å²) in [7, 11) is -3.80. The van der Waals surface area contributed by atoms with Crippen LogP contribution in [0, 0.1) is 0 Å². The van der Waals surface area contributed by atoms with Crippen LogP contribution in [0.5, 0.6) is 5.75 Å². The van der Waals surface area contributed by atoms with Crippen molar-refractivity contribution in [2.24, 2.45) is 5.14 Å². The molecule has 0 aliphatic carbocycles. The first kappa shape index (κ1) is 20.4. The highest BCUT2D eigenvalue weighted by molar-refractivity contribution is 7.89. The molecule has 1 amide bonds. The number of benzene rings is 2. The topological polar surface area (TPSA) is 125 Å². The molecule has 8 nitrogen and oxygen atoms in total. The molecule has 0 fully saturated rings. The fourth-order valence-electron chi connectivity index (χ4n) is 2.05. The van der Waals surface area contributed by atoms with E-state index in [1.807, 2.05) is 18.2 Å². The van der Waals surface area contributed by atoms with Gasteiger partial charge in [-0.2, -0.15) is 0 Å². The fourth-order valence-corrected chi connectivity index (χ4v) is 2.57. The molecule has 0 aromatic heterocycles. The van der Waals surface area contributed by atoms with E-state index in [2.05, 4.69) is 5.32 Å². The molecule has 0 radical (unpaired) electrons. The zero-order valence-corrected chi connectivity index (χ0v) is 15.4. The van der Waals surface area contributed by atoms with Crippen LogP contribution in [0.4, 0.5) is 5.69 Å². The van der Waals surface area contributed by atoms with Crippen molar-refractivity contribution < 1.29 is 27.5 Å². The van der Waals surface area contributed by atoms with Crippen LogP contribution < -0.4 is 15.2 Å². The number of ether oxygens (including phenoxy) is 2. The second kappa shape index (κ2) is 9.15. The summed E-state index contributed by atoms with van der Waals surface area (Å²) >= 11 is 0. The molecule has 2 rings (SSSR count). The molecular formula is C18H20N2O6S. The Kier molecular flexibility index (Phi) is 6.91. The highest BCUT2D eigenvalue weighted by atomic mass is 32.2. The second-order valence-corrected chi connectivity index (χ2v) is 7.16. The Morgan fingerprint density at radius 1 is 1.07 bits per heavy atom. The molecule has 1 atom stereocenters. The van der Waals surface area contributed by atoms with Crippen molar-refractivity contribution in [1.82, 2.24) is 0 Å². The third-order valence-electron chi connectivity index (χ3n) is 3.45. The van der Waals surface area contributed by atoms with E-state index in [1.54, 1.807) is 12.1 Å². The van der Waals surface area contributed by atoms with E-state index in [-0.39, 0.29) is 17.9 Å². The number of esters is 1. The SMILES string of the molecule is C[C@H](OC(=O)CCOc1ccccc1)C(=O)Nc1ccc(S(N)(=O)=O)cc1. The molecule has 0 heterocycles. The van der Waals surface area contributed by atoms with Crippen LogP contribution in [0.15, 0.2) is 59.5 Å².